The standard InChI is InChI=1S/C13H16O4/c1-3-9-5-11-12(17-7-16-11)6-10(9)4-8(2)13(14)15/h5-6,8H,3-4,7H2,1-2H3,(H,14,15). The summed E-state index contributed by atoms with van der Waals surface area (Å²) in [6.45, 7) is 4.01. The molecule has 0 fully saturated rings. The van der Waals surface area contributed by atoms with Crippen LogP contribution in [0.5, 0.6) is 11.5 Å². The van der Waals surface area contributed by atoms with Gasteiger partial charge in [0, 0.05) is 0 Å². The van der Waals surface area contributed by atoms with E-state index >= 15 is 0 Å². The van der Waals surface area contributed by atoms with Crippen molar-refractivity contribution < 1.29 is 19.4 Å². The summed E-state index contributed by atoms with van der Waals surface area (Å²) in [5, 5.41) is 8.94. The number of hydrogen-bond donors (Lipinski definition) is 1. The highest BCUT2D eigenvalue weighted by molar-refractivity contribution is 5.70. The number of carboxylic acid groups (broad SMARTS) is 1. The Labute approximate surface area is 100 Å². The fraction of sp³-hybridized carbons (Fsp3) is 0.462. The number of aryl methyl sites for hydroxylation is 1. The van der Waals surface area contributed by atoms with E-state index in [2.05, 4.69) is 0 Å². The molecule has 0 aliphatic carbocycles. The van der Waals surface area contributed by atoms with E-state index in [1.54, 1.807) is 6.92 Å². The van der Waals surface area contributed by atoms with E-state index in [0.717, 1.165) is 29.0 Å². The molecule has 17 heavy (non-hydrogen) atoms. The second-order valence-corrected chi connectivity index (χ2v) is 4.27. The molecule has 0 amide bonds. The fourth-order valence-electron chi connectivity index (χ4n) is 1.96. The van der Waals surface area contributed by atoms with Crippen LogP contribution in [0.1, 0.15) is 25.0 Å². The summed E-state index contributed by atoms with van der Waals surface area (Å²) in [7, 11) is 0. The molecule has 0 spiro atoms. The largest absolute Gasteiger partial charge is 0.481 e. The molecule has 92 valence electrons. The summed E-state index contributed by atoms with van der Waals surface area (Å²) in [6, 6.07) is 3.85. The topological polar surface area (TPSA) is 55.8 Å². The van der Waals surface area contributed by atoms with Crippen LogP contribution in [0.2, 0.25) is 0 Å². The molecule has 1 aromatic rings. The molecule has 1 aromatic carbocycles. The number of hydrogen-bond acceptors (Lipinski definition) is 3. The summed E-state index contributed by atoms with van der Waals surface area (Å²) in [5.41, 5.74) is 2.16. The SMILES string of the molecule is CCc1cc2c(cc1CC(C)C(=O)O)OCO2. The van der Waals surface area contributed by atoms with Crippen molar-refractivity contribution >= 4 is 5.97 Å². The molecule has 4 heteroatoms. The van der Waals surface area contributed by atoms with Gasteiger partial charge in [0.25, 0.3) is 0 Å². The van der Waals surface area contributed by atoms with Crippen LogP contribution < -0.4 is 9.47 Å². The average molecular weight is 236 g/mol. The highest BCUT2D eigenvalue weighted by Crippen LogP contribution is 2.35. The molecule has 4 nitrogen and oxygen atoms in total. The number of ether oxygens (including phenoxy) is 2. The van der Waals surface area contributed by atoms with Crippen molar-refractivity contribution in [3.8, 4) is 11.5 Å². The van der Waals surface area contributed by atoms with Gasteiger partial charge in [-0.05, 0) is 36.1 Å². The minimum Gasteiger partial charge on any atom is -0.481 e. The Morgan fingerprint density at radius 3 is 2.47 bits per heavy atom. The van der Waals surface area contributed by atoms with Crippen molar-refractivity contribution in [2.75, 3.05) is 6.79 Å². The first-order chi connectivity index (χ1) is 8.11. The predicted molar refractivity (Wildman–Crippen MR) is 62.4 cm³/mol. The minimum atomic E-state index is -0.773. The van der Waals surface area contributed by atoms with E-state index < -0.39 is 5.97 Å². The molecule has 0 saturated heterocycles. The Hall–Kier alpha value is -1.71. The van der Waals surface area contributed by atoms with E-state index in [4.69, 9.17) is 14.6 Å². The summed E-state index contributed by atoms with van der Waals surface area (Å²) in [5.74, 6) is 0.314. The van der Waals surface area contributed by atoms with Crippen molar-refractivity contribution in [1.29, 1.82) is 0 Å². The second-order valence-electron chi connectivity index (χ2n) is 4.27. The first kappa shape index (κ1) is 11.8. The molecular weight excluding hydrogens is 220 g/mol. The minimum absolute atomic E-state index is 0.246. The van der Waals surface area contributed by atoms with Gasteiger partial charge in [0.05, 0.1) is 5.92 Å². The predicted octanol–water partition coefficient (Wildman–Crippen LogP) is 2.24. The van der Waals surface area contributed by atoms with Crippen LogP contribution in [-0.2, 0) is 17.6 Å². The molecule has 1 aliphatic heterocycles. The second kappa shape index (κ2) is 4.65. The molecule has 0 saturated carbocycles. The van der Waals surface area contributed by atoms with E-state index in [1.807, 2.05) is 19.1 Å². The van der Waals surface area contributed by atoms with Gasteiger partial charge < -0.3 is 14.6 Å². The molecule has 1 aliphatic rings. The number of aliphatic carboxylic acids is 1. The van der Waals surface area contributed by atoms with Gasteiger partial charge >= 0.3 is 5.97 Å². The summed E-state index contributed by atoms with van der Waals surface area (Å²) < 4.78 is 10.6. The Morgan fingerprint density at radius 1 is 1.35 bits per heavy atom. The maximum atomic E-state index is 10.9. The Balaban J connectivity index is 2.29. The Bertz CT molecular complexity index is 439. The molecule has 0 radical (unpaired) electrons. The van der Waals surface area contributed by atoms with Gasteiger partial charge in [-0.3, -0.25) is 4.79 Å². The fourth-order valence-corrected chi connectivity index (χ4v) is 1.96. The van der Waals surface area contributed by atoms with Gasteiger partial charge in [-0.2, -0.15) is 0 Å². The van der Waals surface area contributed by atoms with Crippen LogP contribution in [0, 0.1) is 5.92 Å². The molecule has 1 heterocycles. The van der Waals surface area contributed by atoms with Crippen LogP contribution in [-0.4, -0.2) is 17.9 Å². The van der Waals surface area contributed by atoms with Gasteiger partial charge in [0.2, 0.25) is 6.79 Å². The van der Waals surface area contributed by atoms with E-state index in [9.17, 15) is 4.79 Å². The van der Waals surface area contributed by atoms with Gasteiger partial charge in [-0.1, -0.05) is 13.8 Å². The van der Waals surface area contributed by atoms with Crippen LogP contribution in [0.3, 0.4) is 0 Å². The molecule has 1 unspecified atom stereocenters. The highest BCUT2D eigenvalue weighted by atomic mass is 16.7. The zero-order chi connectivity index (χ0) is 12.4. The summed E-state index contributed by atoms with van der Waals surface area (Å²) in [4.78, 5) is 10.9. The smallest absolute Gasteiger partial charge is 0.306 e. The third-order valence-corrected chi connectivity index (χ3v) is 3.02. The number of benzene rings is 1. The van der Waals surface area contributed by atoms with E-state index in [1.165, 1.54) is 0 Å². The van der Waals surface area contributed by atoms with Crippen LogP contribution in [0.15, 0.2) is 12.1 Å². The molecular formula is C13H16O4. The van der Waals surface area contributed by atoms with Crippen molar-refractivity contribution in [2.45, 2.75) is 26.7 Å². The zero-order valence-electron chi connectivity index (χ0n) is 10.0. The van der Waals surface area contributed by atoms with Gasteiger partial charge in [0.1, 0.15) is 0 Å². The maximum Gasteiger partial charge on any atom is 0.306 e. The zero-order valence-corrected chi connectivity index (χ0v) is 10.0. The molecule has 1 N–H and O–H groups in total. The quantitative estimate of drug-likeness (QED) is 0.871. The first-order valence-electron chi connectivity index (χ1n) is 5.76. The number of rotatable bonds is 4. The van der Waals surface area contributed by atoms with Gasteiger partial charge in [-0.15, -0.1) is 0 Å². The first-order valence-corrected chi connectivity index (χ1v) is 5.76. The van der Waals surface area contributed by atoms with Crippen LogP contribution in [0.4, 0.5) is 0 Å². The van der Waals surface area contributed by atoms with Crippen molar-refractivity contribution in [3.63, 3.8) is 0 Å². The lowest BCUT2D eigenvalue weighted by Crippen LogP contribution is -2.13. The van der Waals surface area contributed by atoms with E-state index in [-0.39, 0.29) is 12.7 Å². The number of fused-ring (bicyclic) bond motifs is 1. The van der Waals surface area contributed by atoms with Gasteiger partial charge in [0.15, 0.2) is 11.5 Å². The number of carboxylic acids is 1. The van der Waals surface area contributed by atoms with Crippen molar-refractivity contribution in [1.82, 2.24) is 0 Å². The molecule has 0 aromatic heterocycles. The van der Waals surface area contributed by atoms with Gasteiger partial charge in [-0.25, -0.2) is 0 Å². The Morgan fingerprint density at radius 2 is 1.94 bits per heavy atom. The van der Waals surface area contributed by atoms with Crippen LogP contribution >= 0.6 is 0 Å². The normalized spacial score (nSPS) is 14.7. The maximum absolute atomic E-state index is 10.9. The van der Waals surface area contributed by atoms with Crippen LogP contribution in [0.25, 0.3) is 0 Å². The average Bonchev–Trinajstić information content (AvgIpc) is 2.74. The summed E-state index contributed by atoms with van der Waals surface area (Å²) >= 11 is 0. The highest BCUT2D eigenvalue weighted by Gasteiger charge is 2.19. The lowest BCUT2D eigenvalue weighted by molar-refractivity contribution is -0.141. The Kier molecular flexibility index (Phi) is 3.22. The third-order valence-electron chi connectivity index (χ3n) is 3.02. The molecule has 0 bridgehead atoms. The lowest BCUT2D eigenvalue weighted by atomic mass is 9.95. The lowest BCUT2D eigenvalue weighted by Gasteiger charge is -2.12. The number of carbonyl (C=O) groups is 1. The van der Waals surface area contributed by atoms with E-state index in [0.29, 0.717) is 6.42 Å². The van der Waals surface area contributed by atoms with Crippen molar-refractivity contribution in [2.24, 2.45) is 5.92 Å². The third kappa shape index (κ3) is 2.35. The molecule has 2 rings (SSSR count). The monoisotopic (exact) mass is 236 g/mol. The van der Waals surface area contributed by atoms with Crippen molar-refractivity contribution in [3.05, 3.63) is 23.3 Å². The molecule has 1 atom stereocenters. The summed E-state index contributed by atoms with van der Waals surface area (Å²) in [6.07, 6.45) is 1.38.